The first-order chi connectivity index (χ1) is 13.1. The molecule has 1 aromatic carbocycles. The Balaban J connectivity index is 1.25. The number of aromatic nitrogens is 2. The Morgan fingerprint density at radius 3 is 2.81 bits per heavy atom. The second kappa shape index (κ2) is 6.35. The number of carbonyl (C=O) groups excluding carboxylic acids is 1. The van der Waals surface area contributed by atoms with Crippen LogP contribution in [0.25, 0.3) is 0 Å². The molecule has 0 saturated carbocycles. The second-order valence-corrected chi connectivity index (χ2v) is 7.99. The minimum Gasteiger partial charge on any atom is -0.375 e. The van der Waals surface area contributed by atoms with E-state index in [1.165, 1.54) is 0 Å². The highest BCUT2D eigenvalue weighted by molar-refractivity contribution is 6.30. The van der Waals surface area contributed by atoms with Gasteiger partial charge in [-0.1, -0.05) is 11.6 Å². The summed E-state index contributed by atoms with van der Waals surface area (Å²) in [7, 11) is 0. The predicted molar refractivity (Wildman–Crippen MR) is 102 cm³/mol. The van der Waals surface area contributed by atoms with Crippen molar-refractivity contribution in [2.45, 2.75) is 6.61 Å². The summed E-state index contributed by atoms with van der Waals surface area (Å²) in [5.74, 6) is 0.906. The molecule has 27 heavy (non-hydrogen) atoms. The average molecular weight is 386 g/mol. The maximum atomic E-state index is 13.1. The first-order valence-corrected chi connectivity index (χ1v) is 9.47. The number of benzene rings is 1. The molecular weight excluding hydrogens is 366 g/mol. The Hall–Kier alpha value is -2.38. The Morgan fingerprint density at radius 1 is 1.19 bits per heavy atom. The van der Waals surface area contributed by atoms with Crippen LogP contribution in [-0.4, -0.2) is 60.5 Å². The zero-order chi connectivity index (χ0) is 18.4. The molecule has 2 fully saturated rings. The summed E-state index contributed by atoms with van der Waals surface area (Å²) in [5, 5.41) is 8.75. The van der Waals surface area contributed by atoms with E-state index in [2.05, 4.69) is 15.1 Å². The van der Waals surface area contributed by atoms with E-state index in [1.54, 1.807) is 6.20 Å². The van der Waals surface area contributed by atoms with Crippen LogP contribution in [-0.2, 0) is 11.3 Å². The van der Waals surface area contributed by atoms with Crippen molar-refractivity contribution in [2.75, 3.05) is 49.1 Å². The molecule has 140 valence electrons. The number of urea groups is 1. The number of hydrogen-bond acceptors (Lipinski definition) is 5. The molecule has 2 saturated heterocycles. The topological polar surface area (TPSA) is 61.8 Å². The molecule has 0 bridgehead atoms. The lowest BCUT2D eigenvalue weighted by Gasteiger charge is -2.60. The molecular formula is C19H20ClN5O2. The van der Waals surface area contributed by atoms with Crippen molar-refractivity contribution in [3.63, 3.8) is 0 Å². The lowest BCUT2D eigenvalue weighted by atomic mass is 9.73. The van der Waals surface area contributed by atoms with Gasteiger partial charge in [-0.15, -0.1) is 5.10 Å². The van der Waals surface area contributed by atoms with Crippen LogP contribution in [0.3, 0.4) is 0 Å². The van der Waals surface area contributed by atoms with Crippen LogP contribution in [0.5, 0.6) is 0 Å². The van der Waals surface area contributed by atoms with Crippen LogP contribution in [0.1, 0.15) is 5.56 Å². The summed E-state index contributed by atoms with van der Waals surface area (Å²) in [6.45, 7) is 4.97. The Labute approximate surface area is 162 Å². The number of fused-ring (bicyclic) bond motifs is 1. The van der Waals surface area contributed by atoms with Gasteiger partial charge in [-0.25, -0.2) is 4.79 Å². The highest BCUT2D eigenvalue weighted by Crippen LogP contribution is 2.42. The van der Waals surface area contributed by atoms with Crippen LogP contribution < -0.4 is 9.80 Å². The summed E-state index contributed by atoms with van der Waals surface area (Å²) in [6.07, 6.45) is 1.68. The lowest BCUT2D eigenvalue weighted by Crippen LogP contribution is -2.74. The summed E-state index contributed by atoms with van der Waals surface area (Å²) in [5.41, 5.74) is 2.05. The fourth-order valence-corrected chi connectivity index (χ4v) is 4.44. The highest BCUT2D eigenvalue weighted by atomic mass is 35.5. The van der Waals surface area contributed by atoms with Gasteiger partial charge in [-0.05, 0) is 30.3 Å². The Bertz CT molecular complexity index is 864. The summed E-state index contributed by atoms with van der Waals surface area (Å²) < 4.78 is 5.63. The molecule has 8 heteroatoms. The molecule has 5 rings (SSSR count). The molecule has 1 spiro atoms. The quantitative estimate of drug-likeness (QED) is 0.754. The van der Waals surface area contributed by atoms with E-state index in [9.17, 15) is 4.79 Å². The molecule has 0 unspecified atom stereocenters. The number of halogens is 1. The van der Waals surface area contributed by atoms with Gasteiger partial charge in [0.2, 0.25) is 0 Å². The zero-order valence-electron chi connectivity index (χ0n) is 14.8. The maximum Gasteiger partial charge on any atom is 0.324 e. The third-order valence-corrected chi connectivity index (χ3v) is 5.77. The first-order valence-electron chi connectivity index (χ1n) is 9.09. The van der Waals surface area contributed by atoms with Gasteiger partial charge in [0.1, 0.15) is 0 Å². The number of anilines is 2. The largest absolute Gasteiger partial charge is 0.375 e. The number of amides is 2. The van der Waals surface area contributed by atoms with Crippen molar-refractivity contribution < 1.29 is 9.53 Å². The van der Waals surface area contributed by atoms with Crippen molar-refractivity contribution in [3.8, 4) is 0 Å². The van der Waals surface area contributed by atoms with Gasteiger partial charge in [-0.2, -0.15) is 5.10 Å². The summed E-state index contributed by atoms with van der Waals surface area (Å²) in [4.78, 5) is 19.1. The molecule has 7 nitrogen and oxygen atoms in total. The van der Waals surface area contributed by atoms with Gasteiger partial charge in [0.05, 0.1) is 25.4 Å². The minimum atomic E-state index is 0.0488. The number of likely N-dealkylation sites (tertiary alicyclic amines) is 1. The van der Waals surface area contributed by atoms with Crippen LogP contribution in [0, 0.1) is 5.41 Å². The third-order valence-electron chi connectivity index (χ3n) is 5.54. The van der Waals surface area contributed by atoms with Gasteiger partial charge < -0.3 is 14.5 Å². The Kier molecular flexibility index (Phi) is 3.94. The molecule has 1 aromatic heterocycles. The minimum absolute atomic E-state index is 0.0488. The second-order valence-electron chi connectivity index (χ2n) is 7.55. The maximum absolute atomic E-state index is 13.1. The molecule has 2 aromatic rings. The number of carbonyl (C=O) groups is 1. The van der Waals surface area contributed by atoms with Crippen LogP contribution in [0.15, 0.2) is 36.5 Å². The van der Waals surface area contributed by atoms with Crippen molar-refractivity contribution in [1.82, 2.24) is 15.1 Å². The zero-order valence-corrected chi connectivity index (χ0v) is 15.6. The van der Waals surface area contributed by atoms with Crippen molar-refractivity contribution in [3.05, 3.63) is 47.1 Å². The Morgan fingerprint density at radius 2 is 2.04 bits per heavy atom. The van der Waals surface area contributed by atoms with Crippen LogP contribution in [0.2, 0.25) is 5.02 Å². The van der Waals surface area contributed by atoms with Gasteiger partial charge in [0.25, 0.3) is 0 Å². The highest BCUT2D eigenvalue weighted by Gasteiger charge is 2.54. The fourth-order valence-electron chi connectivity index (χ4n) is 4.25. The van der Waals surface area contributed by atoms with Gasteiger partial charge in [0, 0.05) is 48.4 Å². The van der Waals surface area contributed by atoms with E-state index >= 15 is 0 Å². The standard InChI is InChI=1S/C19H20ClN5O2/c20-15-3-4-16-14(8-15)9-27-7-6-25(16)18(26)24-12-19(13-24)10-23(11-19)17-2-1-5-21-22-17/h1-5,8H,6-7,9-13H2. The number of ether oxygens (including phenoxy) is 1. The first kappa shape index (κ1) is 16.8. The van der Waals surface area contributed by atoms with E-state index in [0.717, 1.165) is 43.2 Å². The molecule has 4 heterocycles. The molecule has 0 atom stereocenters. The van der Waals surface area contributed by atoms with Crippen molar-refractivity contribution >= 4 is 29.1 Å². The van der Waals surface area contributed by atoms with Crippen LogP contribution >= 0.6 is 11.6 Å². The van der Waals surface area contributed by atoms with Crippen molar-refractivity contribution in [1.29, 1.82) is 0 Å². The lowest BCUT2D eigenvalue weighted by molar-refractivity contribution is 0.00930. The van der Waals surface area contributed by atoms with Gasteiger partial charge in [-0.3, -0.25) is 4.90 Å². The molecule has 0 radical (unpaired) electrons. The van der Waals surface area contributed by atoms with E-state index < -0.39 is 0 Å². The summed E-state index contributed by atoms with van der Waals surface area (Å²) in [6, 6.07) is 9.54. The number of hydrogen-bond donors (Lipinski definition) is 0. The van der Waals surface area contributed by atoms with E-state index in [-0.39, 0.29) is 11.4 Å². The van der Waals surface area contributed by atoms with E-state index in [0.29, 0.717) is 24.8 Å². The molecule has 0 N–H and O–H groups in total. The molecule has 3 aliphatic rings. The fraction of sp³-hybridized carbons (Fsp3) is 0.421. The smallest absolute Gasteiger partial charge is 0.324 e. The molecule has 0 aliphatic carbocycles. The third kappa shape index (κ3) is 2.91. The van der Waals surface area contributed by atoms with E-state index in [4.69, 9.17) is 16.3 Å². The average Bonchev–Trinajstić information content (AvgIpc) is 2.82. The molecule has 3 aliphatic heterocycles. The normalized spacial score (nSPS) is 20.6. The van der Waals surface area contributed by atoms with Crippen molar-refractivity contribution in [2.24, 2.45) is 5.41 Å². The van der Waals surface area contributed by atoms with Gasteiger partial charge in [0.15, 0.2) is 5.82 Å². The monoisotopic (exact) mass is 385 g/mol. The summed E-state index contributed by atoms with van der Waals surface area (Å²) >= 11 is 6.10. The number of rotatable bonds is 1. The van der Waals surface area contributed by atoms with Gasteiger partial charge >= 0.3 is 6.03 Å². The predicted octanol–water partition coefficient (Wildman–Crippen LogP) is 2.41. The van der Waals surface area contributed by atoms with Crippen LogP contribution in [0.4, 0.5) is 16.3 Å². The number of nitrogens with zero attached hydrogens (tertiary/aromatic N) is 5. The molecule has 2 amide bonds. The SMILES string of the molecule is O=C(N1CC2(C1)CN(c1cccnn1)C2)N1CCOCc2cc(Cl)ccc21. The van der Waals surface area contributed by atoms with E-state index in [1.807, 2.05) is 40.1 Å².